The molecular formula is C9H10F3NO2. The smallest absolute Gasteiger partial charge is 0.271 e. The van der Waals surface area contributed by atoms with Crippen molar-refractivity contribution >= 4 is 12.0 Å². The number of hydrogen-bond acceptors (Lipinski definition) is 2. The molecule has 1 fully saturated rings. The van der Waals surface area contributed by atoms with Gasteiger partial charge in [0.1, 0.15) is 0 Å². The third-order valence-corrected chi connectivity index (χ3v) is 2.66. The number of hydrogen-bond donors (Lipinski definition) is 0. The number of carbonyl (C=O) groups is 1. The normalized spacial score (nSPS) is 26.9. The molecule has 0 aromatic heterocycles. The molecule has 1 aliphatic carbocycles. The maximum atomic E-state index is 12.5. The molecule has 0 bridgehead atoms. The molecular weight excluding hydrogens is 211 g/mol. The molecule has 6 heteroatoms. The summed E-state index contributed by atoms with van der Waals surface area (Å²) < 4.78 is 37.5. The summed E-state index contributed by atoms with van der Waals surface area (Å²) in [7, 11) is 0. The summed E-state index contributed by atoms with van der Waals surface area (Å²) in [5.74, 6) is -3.84. The van der Waals surface area contributed by atoms with Gasteiger partial charge in [0.15, 0.2) is 0 Å². The quantitative estimate of drug-likeness (QED) is 0.503. The number of amides is 1. The van der Waals surface area contributed by atoms with Crippen LogP contribution in [0.1, 0.15) is 25.7 Å². The second kappa shape index (κ2) is 4.57. The van der Waals surface area contributed by atoms with Gasteiger partial charge < -0.3 is 0 Å². The van der Waals surface area contributed by atoms with E-state index in [4.69, 9.17) is 0 Å². The van der Waals surface area contributed by atoms with Crippen LogP contribution in [0.4, 0.5) is 13.2 Å². The van der Waals surface area contributed by atoms with Crippen LogP contribution in [0.25, 0.3) is 0 Å². The lowest BCUT2D eigenvalue weighted by atomic mass is 9.78. The minimum atomic E-state index is -4.39. The Kier molecular flexibility index (Phi) is 3.63. The molecule has 84 valence electrons. The molecule has 0 spiro atoms. The number of nitrogens with zero attached hydrogens (tertiary/aromatic N) is 1. The van der Waals surface area contributed by atoms with Gasteiger partial charge in [0, 0.05) is 0 Å². The summed E-state index contributed by atoms with van der Waals surface area (Å²) in [4.78, 5) is 23.7. The molecule has 0 heterocycles. The van der Waals surface area contributed by atoms with Crippen LogP contribution < -0.4 is 0 Å². The van der Waals surface area contributed by atoms with Gasteiger partial charge >= 0.3 is 6.18 Å². The molecule has 1 amide bonds. The van der Waals surface area contributed by atoms with Crippen molar-refractivity contribution in [2.75, 3.05) is 0 Å². The van der Waals surface area contributed by atoms with Gasteiger partial charge in [0.05, 0.1) is 11.8 Å². The fourth-order valence-corrected chi connectivity index (χ4v) is 1.95. The Balaban J connectivity index is 2.83. The summed E-state index contributed by atoms with van der Waals surface area (Å²) in [6, 6.07) is 0. The molecule has 0 saturated heterocycles. The second-order valence-corrected chi connectivity index (χ2v) is 3.58. The molecule has 0 aliphatic heterocycles. The number of isocyanates is 1. The van der Waals surface area contributed by atoms with Crippen molar-refractivity contribution in [2.24, 2.45) is 16.8 Å². The van der Waals surface area contributed by atoms with Crippen LogP contribution >= 0.6 is 0 Å². The molecule has 15 heavy (non-hydrogen) atoms. The predicted molar refractivity (Wildman–Crippen MR) is 44.6 cm³/mol. The first-order valence-corrected chi connectivity index (χ1v) is 4.65. The molecule has 0 aromatic carbocycles. The van der Waals surface area contributed by atoms with Crippen LogP contribution in [0.15, 0.2) is 4.99 Å². The highest BCUT2D eigenvalue weighted by atomic mass is 19.4. The largest absolute Gasteiger partial charge is 0.392 e. The van der Waals surface area contributed by atoms with Crippen molar-refractivity contribution in [3.63, 3.8) is 0 Å². The van der Waals surface area contributed by atoms with E-state index in [0.29, 0.717) is 12.8 Å². The Morgan fingerprint density at radius 3 is 2.40 bits per heavy atom. The number of alkyl halides is 3. The molecule has 1 saturated carbocycles. The van der Waals surface area contributed by atoms with Gasteiger partial charge in [-0.25, -0.2) is 4.79 Å². The zero-order valence-electron chi connectivity index (χ0n) is 7.88. The molecule has 2 unspecified atom stereocenters. The van der Waals surface area contributed by atoms with Crippen LogP contribution in [0, 0.1) is 11.8 Å². The van der Waals surface area contributed by atoms with Crippen LogP contribution in [-0.2, 0) is 9.59 Å². The maximum Gasteiger partial charge on any atom is 0.392 e. The number of carbonyl (C=O) groups excluding carboxylic acids is 2. The van der Waals surface area contributed by atoms with Crippen LogP contribution in [0.2, 0.25) is 0 Å². The second-order valence-electron chi connectivity index (χ2n) is 3.58. The summed E-state index contributed by atoms with van der Waals surface area (Å²) >= 11 is 0. The lowest BCUT2D eigenvalue weighted by Gasteiger charge is -2.30. The first-order valence-electron chi connectivity index (χ1n) is 4.65. The van der Waals surface area contributed by atoms with Crippen molar-refractivity contribution in [1.29, 1.82) is 0 Å². The first kappa shape index (κ1) is 11.9. The average molecular weight is 221 g/mol. The lowest BCUT2D eigenvalue weighted by molar-refractivity contribution is -0.197. The topological polar surface area (TPSA) is 46.5 Å². The Hall–Kier alpha value is -1.16. The fourth-order valence-electron chi connectivity index (χ4n) is 1.95. The number of halogens is 3. The van der Waals surface area contributed by atoms with E-state index in [-0.39, 0.29) is 12.8 Å². The van der Waals surface area contributed by atoms with Crippen LogP contribution in [-0.4, -0.2) is 18.2 Å². The first-order chi connectivity index (χ1) is 6.96. The SMILES string of the molecule is O=C=NC(=O)C1CCCCC1C(F)(F)F. The van der Waals surface area contributed by atoms with Crippen molar-refractivity contribution in [3.05, 3.63) is 0 Å². The third-order valence-electron chi connectivity index (χ3n) is 2.66. The molecule has 3 nitrogen and oxygen atoms in total. The predicted octanol–water partition coefficient (Wildman–Crippen LogP) is 2.22. The molecule has 0 radical (unpaired) electrons. The molecule has 1 aliphatic rings. The highest BCUT2D eigenvalue weighted by molar-refractivity contribution is 5.84. The van der Waals surface area contributed by atoms with E-state index >= 15 is 0 Å². The van der Waals surface area contributed by atoms with Crippen molar-refractivity contribution in [3.8, 4) is 0 Å². The molecule has 2 atom stereocenters. The van der Waals surface area contributed by atoms with E-state index in [9.17, 15) is 22.8 Å². The monoisotopic (exact) mass is 221 g/mol. The van der Waals surface area contributed by atoms with Gasteiger partial charge in [-0.1, -0.05) is 12.8 Å². The Morgan fingerprint density at radius 2 is 1.87 bits per heavy atom. The van der Waals surface area contributed by atoms with Crippen molar-refractivity contribution in [1.82, 2.24) is 0 Å². The number of aliphatic imine (C=N–C) groups is 1. The standard InChI is InChI=1S/C9H10F3NO2/c10-9(11,12)7-4-2-1-3-6(7)8(15)13-5-14/h6-7H,1-4H2. The number of rotatable bonds is 1. The Bertz CT molecular complexity index is 294. The zero-order valence-corrected chi connectivity index (χ0v) is 7.88. The molecule has 0 N–H and O–H groups in total. The minimum absolute atomic E-state index is 0.0612. The van der Waals surface area contributed by atoms with E-state index in [1.807, 2.05) is 0 Å². The molecule has 0 aromatic rings. The van der Waals surface area contributed by atoms with Crippen LogP contribution in [0.3, 0.4) is 0 Å². The van der Waals surface area contributed by atoms with E-state index < -0.39 is 23.9 Å². The van der Waals surface area contributed by atoms with Gasteiger partial charge in [-0.15, -0.1) is 4.99 Å². The molecule has 1 rings (SSSR count). The zero-order chi connectivity index (χ0) is 11.5. The van der Waals surface area contributed by atoms with Crippen molar-refractivity contribution < 1.29 is 22.8 Å². The highest BCUT2D eigenvalue weighted by Crippen LogP contribution is 2.41. The van der Waals surface area contributed by atoms with Gasteiger partial charge in [0.25, 0.3) is 5.91 Å². The van der Waals surface area contributed by atoms with E-state index in [2.05, 4.69) is 4.99 Å². The third kappa shape index (κ3) is 2.89. The summed E-state index contributed by atoms with van der Waals surface area (Å²) in [6.07, 6.45) is -2.29. The van der Waals surface area contributed by atoms with Gasteiger partial charge in [-0.3, -0.25) is 4.79 Å². The highest BCUT2D eigenvalue weighted by Gasteiger charge is 2.48. The summed E-state index contributed by atoms with van der Waals surface area (Å²) in [6.45, 7) is 0. The average Bonchev–Trinajstić information content (AvgIpc) is 2.17. The van der Waals surface area contributed by atoms with Gasteiger partial charge in [0.2, 0.25) is 6.08 Å². The fraction of sp³-hybridized carbons (Fsp3) is 0.778. The Morgan fingerprint density at radius 1 is 1.27 bits per heavy atom. The van der Waals surface area contributed by atoms with Gasteiger partial charge in [-0.2, -0.15) is 13.2 Å². The summed E-state index contributed by atoms with van der Waals surface area (Å²) in [5.41, 5.74) is 0. The Labute approximate surface area is 84.4 Å². The van der Waals surface area contributed by atoms with E-state index in [1.165, 1.54) is 0 Å². The van der Waals surface area contributed by atoms with Crippen molar-refractivity contribution in [2.45, 2.75) is 31.9 Å². The van der Waals surface area contributed by atoms with Gasteiger partial charge in [-0.05, 0) is 12.8 Å². The maximum absolute atomic E-state index is 12.5. The summed E-state index contributed by atoms with van der Waals surface area (Å²) in [5, 5.41) is 0. The van der Waals surface area contributed by atoms with E-state index in [1.54, 1.807) is 0 Å². The minimum Gasteiger partial charge on any atom is -0.271 e. The lowest BCUT2D eigenvalue weighted by Crippen LogP contribution is -2.36. The van der Waals surface area contributed by atoms with Crippen LogP contribution in [0.5, 0.6) is 0 Å². The van der Waals surface area contributed by atoms with E-state index in [0.717, 1.165) is 6.08 Å².